The Morgan fingerprint density at radius 3 is 2.68 bits per heavy atom. The van der Waals surface area contributed by atoms with Gasteiger partial charge in [-0.1, -0.05) is 24.3 Å². The summed E-state index contributed by atoms with van der Waals surface area (Å²) in [6, 6.07) is 15.0. The summed E-state index contributed by atoms with van der Waals surface area (Å²) in [6.45, 7) is 0. The number of anilines is 1. The Kier molecular flexibility index (Phi) is 2.76. The minimum absolute atomic E-state index is 0.0846. The zero-order valence-corrected chi connectivity index (χ0v) is 10.5. The van der Waals surface area contributed by atoms with Gasteiger partial charge in [0.05, 0.1) is 16.6 Å². The van der Waals surface area contributed by atoms with E-state index >= 15 is 0 Å². The van der Waals surface area contributed by atoms with Crippen LogP contribution in [0.1, 0.15) is 10.4 Å². The Bertz CT molecular complexity index is 746. The number of fused-ring (bicyclic) bond motifs is 1. The molecule has 4 heteroatoms. The second kappa shape index (κ2) is 4.57. The molecule has 0 saturated heterocycles. The maximum Gasteiger partial charge on any atom is 0.265 e. The number of nitrogens with zero attached hydrogens (tertiary/aromatic N) is 2. The van der Waals surface area contributed by atoms with Gasteiger partial charge in [-0.15, -0.1) is 0 Å². The van der Waals surface area contributed by atoms with Crippen molar-refractivity contribution in [1.29, 1.82) is 0 Å². The zero-order valence-electron chi connectivity index (χ0n) is 10.5. The standard InChI is InChI=1S/C15H13N3O/c1-16-12-7-3-2-6-11(12)15(19)18-10-17-13-8-4-5-9-14(13)18/h2-10,16H,1H3. The highest BCUT2D eigenvalue weighted by Crippen LogP contribution is 2.19. The minimum atomic E-state index is -0.0846. The summed E-state index contributed by atoms with van der Waals surface area (Å²) in [5.41, 5.74) is 3.08. The SMILES string of the molecule is CNc1ccccc1C(=O)n1cnc2ccccc21. The molecule has 0 saturated carbocycles. The number of imidazole rings is 1. The van der Waals surface area contributed by atoms with E-state index in [4.69, 9.17) is 0 Å². The van der Waals surface area contributed by atoms with Crippen LogP contribution in [0.5, 0.6) is 0 Å². The maximum absolute atomic E-state index is 12.6. The van der Waals surface area contributed by atoms with E-state index in [0.717, 1.165) is 16.7 Å². The molecule has 0 aliphatic carbocycles. The van der Waals surface area contributed by atoms with Gasteiger partial charge in [-0.3, -0.25) is 9.36 Å². The zero-order chi connectivity index (χ0) is 13.2. The molecule has 0 amide bonds. The van der Waals surface area contributed by atoms with E-state index in [-0.39, 0.29) is 5.91 Å². The van der Waals surface area contributed by atoms with Crippen molar-refractivity contribution < 1.29 is 4.79 Å². The first-order valence-electron chi connectivity index (χ1n) is 6.05. The molecule has 94 valence electrons. The van der Waals surface area contributed by atoms with Gasteiger partial charge in [-0.05, 0) is 24.3 Å². The van der Waals surface area contributed by atoms with Crippen LogP contribution in [0.3, 0.4) is 0 Å². The molecule has 1 heterocycles. The van der Waals surface area contributed by atoms with Gasteiger partial charge < -0.3 is 5.32 Å². The van der Waals surface area contributed by atoms with E-state index in [1.54, 1.807) is 17.9 Å². The molecule has 1 aromatic heterocycles. The van der Waals surface area contributed by atoms with Crippen molar-refractivity contribution in [2.24, 2.45) is 0 Å². The second-order valence-corrected chi connectivity index (χ2v) is 4.20. The third kappa shape index (κ3) is 1.87. The first kappa shape index (κ1) is 11.5. The monoisotopic (exact) mass is 251 g/mol. The number of nitrogens with one attached hydrogen (secondary N) is 1. The highest BCUT2D eigenvalue weighted by molar-refractivity contribution is 6.04. The fourth-order valence-corrected chi connectivity index (χ4v) is 2.14. The lowest BCUT2D eigenvalue weighted by atomic mass is 10.1. The first-order chi connectivity index (χ1) is 9.31. The van der Waals surface area contributed by atoms with Crippen LogP contribution in [0.4, 0.5) is 5.69 Å². The van der Waals surface area contributed by atoms with Gasteiger partial charge in [0.15, 0.2) is 0 Å². The van der Waals surface area contributed by atoms with E-state index in [0.29, 0.717) is 5.56 Å². The lowest BCUT2D eigenvalue weighted by molar-refractivity contribution is 0.0965. The van der Waals surface area contributed by atoms with E-state index in [1.807, 2.05) is 48.5 Å². The summed E-state index contributed by atoms with van der Waals surface area (Å²) in [6.07, 6.45) is 1.57. The highest BCUT2D eigenvalue weighted by atomic mass is 16.2. The van der Waals surface area contributed by atoms with Crippen molar-refractivity contribution in [2.45, 2.75) is 0 Å². The Labute approximate surface area is 110 Å². The predicted octanol–water partition coefficient (Wildman–Crippen LogP) is 2.77. The Balaban J connectivity index is 2.14. The Morgan fingerprint density at radius 2 is 1.84 bits per heavy atom. The van der Waals surface area contributed by atoms with Gasteiger partial charge in [-0.25, -0.2) is 4.98 Å². The molecule has 0 aliphatic heterocycles. The first-order valence-corrected chi connectivity index (χ1v) is 6.05. The fourth-order valence-electron chi connectivity index (χ4n) is 2.14. The number of aromatic nitrogens is 2. The van der Waals surface area contributed by atoms with Crippen LogP contribution in [-0.4, -0.2) is 22.5 Å². The normalized spacial score (nSPS) is 10.6. The molecule has 19 heavy (non-hydrogen) atoms. The molecular weight excluding hydrogens is 238 g/mol. The lowest BCUT2D eigenvalue weighted by Gasteiger charge is -2.08. The summed E-state index contributed by atoms with van der Waals surface area (Å²) in [5.74, 6) is -0.0846. The average Bonchev–Trinajstić information content (AvgIpc) is 2.90. The molecule has 0 radical (unpaired) electrons. The summed E-state index contributed by atoms with van der Waals surface area (Å²) >= 11 is 0. The van der Waals surface area contributed by atoms with Crippen LogP contribution in [0.15, 0.2) is 54.9 Å². The van der Waals surface area contributed by atoms with Gasteiger partial charge in [0.1, 0.15) is 6.33 Å². The van der Waals surface area contributed by atoms with Crippen molar-refractivity contribution in [3.8, 4) is 0 Å². The van der Waals surface area contributed by atoms with Crippen molar-refractivity contribution in [3.63, 3.8) is 0 Å². The van der Waals surface area contributed by atoms with E-state index < -0.39 is 0 Å². The Morgan fingerprint density at radius 1 is 1.11 bits per heavy atom. The summed E-state index contributed by atoms with van der Waals surface area (Å²) in [5, 5.41) is 3.03. The molecule has 1 N–H and O–H groups in total. The third-order valence-electron chi connectivity index (χ3n) is 3.10. The van der Waals surface area contributed by atoms with Gasteiger partial charge in [0.25, 0.3) is 5.91 Å². The van der Waals surface area contributed by atoms with Crippen LogP contribution in [-0.2, 0) is 0 Å². The summed E-state index contributed by atoms with van der Waals surface area (Å²) in [4.78, 5) is 16.8. The van der Waals surface area contributed by atoms with Gasteiger partial charge in [-0.2, -0.15) is 0 Å². The minimum Gasteiger partial charge on any atom is -0.387 e. The van der Waals surface area contributed by atoms with Crippen molar-refractivity contribution in [2.75, 3.05) is 12.4 Å². The number of hydrogen-bond acceptors (Lipinski definition) is 3. The molecule has 0 fully saturated rings. The average molecular weight is 251 g/mol. The number of carbonyl (C=O) groups is 1. The Hall–Kier alpha value is -2.62. The second-order valence-electron chi connectivity index (χ2n) is 4.20. The van der Waals surface area contributed by atoms with Crippen LogP contribution < -0.4 is 5.32 Å². The molecule has 2 aromatic carbocycles. The molecule has 4 nitrogen and oxygen atoms in total. The van der Waals surface area contributed by atoms with Crippen molar-refractivity contribution in [3.05, 3.63) is 60.4 Å². The molecule has 0 bridgehead atoms. The van der Waals surface area contributed by atoms with Crippen LogP contribution in [0.25, 0.3) is 11.0 Å². The van der Waals surface area contributed by atoms with Crippen LogP contribution >= 0.6 is 0 Å². The van der Waals surface area contributed by atoms with E-state index in [2.05, 4.69) is 10.3 Å². The van der Waals surface area contributed by atoms with Crippen LogP contribution in [0.2, 0.25) is 0 Å². The molecule has 3 rings (SSSR count). The van der Waals surface area contributed by atoms with Crippen molar-refractivity contribution in [1.82, 2.24) is 9.55 Å². The van der Waals surface area contributed by atoms with E-state index in [1.165, 1.54) is 0 Å². The molecule has 0 aliphatic rings. The van der Waals surface area contributed by atoms with Gasteiger partial charge in [0.2, 0.25) is 0 Å². The number of benzene rings is 2. The number of rotatable bonds is 2. The quantitative estimate of drug-likeness (QED) is 0.761. The number of hydrogen-bond donors (Lipinski definition) is 1. The lowest BCUT2D eigenvalue weighted by Crippen LogP contribution is -2.12. The molecule has 0 spiro atoms. The maximum atomic E-state index is 12.6. The number of para-hydroxylation sites is 3. The summed E-state index contributed by atoms with van der Waals surface area (Å²) < 4.78 is 1.57. The fraction of sp³-hybridized carbons (Fsp3) is 0.0667. The highest BCUT2D eigenvalue weighted by Gasteiger charge is 2.14. The van der Waals surface area contributed by atoms with E-state index in [9.17, 15) is 4.79 Å². The third-order valence-corrected chi connectivity index (χ3v) is 3.10. The smallest absolute Gasteiger partial charge is 0.265 e. The largest absolute Gasteiger partial charge is 0.387 e. The van der Waals surface area contributed by atoms with Gasteiger partial charge in [0, 0.05) is 12.7 Å². The van der Waals surface area contributed by atoms with Crippen LogP contribution in [0, 0.1) is 0 Å². The predicted molar refractivity (Wildman–Crippen MR) is 75.5 cm³/mol. The topological polar surface area (TPSA) is 46.9 Å². The van der Waals surface area contributed by atoms with Gasteiger partial charge >= 0.3 is 0 Å². The molecule has 3 aromatic rings. The number of carbonyl (C=O) groups excluding carboxylic acids is 1. The molecular formula is C15H13N3O. The molecule has 0 atom stereocenters. The molecule has 0 unspecified atom stereocenters. The van der Waals surface area contributed by atoms with Crippen molar-refractivity contribution >= 4 is 22.6 Å². The summed E-state index contributed by atoms with van der Waals surface area (Å²) in [7, 11) is 1.80.